The summed E-state index contributed by atoms with van der Waals surface area (Å²) in [4.78, 5) is 15.5. The summed E-state index contributed by atoms with van der Waals surface area (Å²) in [6, 6.07) is 3.34. The Morgan fingerprint density at radius 1 is 1.36 bits per heavy atom. The normalized spacial score (nSPS) is 9.73. The molecule has 1 N–H and O–H groups in total. The molecule has 0 atom stereocenters. The Morgan fingerprint density at radius 2 is 2.00 bits per heavy atom. The van der Waals surface area contributed by atoms with E-state index in [1.165, 1.54) is 6.07 Å². The summed E-state index contributed by atoms with van der Waals surface area (Å²) >= 11 is 0. The maximum Gasteiger partial charge on any atom is 0.248 e. The fourth-order valence-corrected chi connectivity index (χ4v) is 1.05. The van der Waals surface area contributed by atoms with Crippen LogP contribution in [0.15, 0.2) is 16.9 Å². The van der Waals surface area contributed by atoms with Gasteiger partial charge >= 0.3 is 0 Å². The highest BCUT2D eigenvalue weighted by Gasteiger charge is 1.98. The molecule has 0 unspecified atom stereocenters. The van der Waals surface area contributed by atoms with Crippen molar-refractivity contribution in [2.45, 2.75) is 6.92 Å². The fourth-order valence-electron chi connectivity index (χ4n) is 1.05. The zero-order valence-electron chi connectivity index (χ0n) is 7.01. The molecule has 0 bridgehead atoms. The van der Waals surface area contributed by atoms with Crippen molar-refractivity contribution in [3.63, 3.8) is 0 Å². The van der Waals surface area contributed by atoms with E-state index in [0.717, 1.165) is 11.4 Å². The SMILES string of the molecule is Cc1[nH]c(=O)ccc1N(C)C. The van der Waals surface area contributed by atoms with E-state index in [1.807, 2.05) is 32.0 Å². The zero-order valence-corrected chi connectivity index (χ0v) is 7.01. The first kappa shape index (κ1) is 7.85. The lowest BCUT2D eigenvalue weighted by molar-refractivity contribution is 1.05. The Hall–Kier alpha value is -1.25. The molecule has 0 radical (unpaired) electrons. The van der Waals surface area contributed by atoms with Crippen LogP contribution in [0.4, 0.5) is 5.69 Å². The van der Waals surface area contributed by atoms with Crippen LogP contribution in [0.25, 0.3) is 0 Å². The molecule has 0 amide bonds. The Morgan fingerprint density at radius 3 is 2.45 bits per heavy atom. The van der Waals surface area contributed by atoms with Crippen LogP contribution in [0, 0.1) is 6.92 Å². The first-order valence-corrected chi connectivity index (χ1v) is 3.48. The molecule has 1 rings (SSSR count). The minimum absolute atomic E-state index is 0.0481. The van der Waals surface area contributed by atoms with Crippen molar-refractivity contribution < 1.29 is 0 Å². The molecule has 0 spiro atoms. The largest absolute Gasteiger partial charge is 0.376 e. The van der Waals surface area contributed by atoms with Crippen molar-refractivity contribution >= 4 is 5.69 Å². The number of anilines is 1. The number of aromatic nitrogens is 1. The fraction of sp³-hybridized carbons (Fsp3) is 0.375. The summed E-state index contributed by atoms with van der Waals surface area (Å²) in [5.74, 6) is 0. The monoisotopic (exact) mass is 152 g/mol. The highest BCUT2D eigenvalue weighted by molar-refractivity contribution is 5.47. The second kappa shape index (κ2) is 2.78. The van der Waals surface area contributed by atoms with Gasteiger partial charge in [0.15, 0.2) is 0 Å². The number of rotatable bonds is 1. The van der Waals surface area contributed by atoms with Gasteiger partial charge < -0.3 is 9.88 Å². The second-order valence-corrected chi connectivity index (χ2v) is 2.73. The Balaban J connectivity index is 3.20. The van der Waals surface area contributed by atoms with E-state index in [2.05, 4.69) is 4.98 Å². The van der Waals surface area contributed by atoms with Gasteiger partial charge in [0.05, 0.1) is 5.69 Å². The van der Waals surface area contributed by atoms with Crippen LogP contribution < -0.4 is 10.5 Å². The predicted octanol–water partition coefficient (Wildman–Crippen LogP) is 0.749. The van der Waals surface area contributed by atoms with E-state index in [9.17, 15) is 4.79 Å². The molecule has 60 valence electrons. The molecule has 1 aromatic heterocycles. The van der Waals surface area contributed by atoms with Gasteiger partial charge in [-0.3, -0.25) is 4.79 Å². The molecule has 1 heterocycles. The summed E-state index contributed by atoms with van der Waals surface area (Å²) in [5.41, 5.74) is 1.90. The van der Waals surface area contributed by atoms with Crippen molar-refractivity contribution in [3.8, 4) is 0 Å². The van der Waals surface area contributed by atoms with Gasteiger partial charge in [-0.05, 0) is 13.0 Å². The van der Waals surface area contributed by atoms with E-state index in [4.69, 9.17) is 0 Å². The maximum atomic E-state index is 10.8. The summed E-state index contributed by atoms with van der Waals surface area (Å²) < 4.78 is 0. The molecule has 11 heavy (non-hydrogen) atoms. The summed E-state index contributed by atoms with van der Waals surface area (Å²) in [5, 5.41) is 0. The lowest BCUT2D eigenvalue weighted by atomic mass is 10.3. The molecule has 0 aliphatic rings. The maximum absolute atomic E-state index is 10.8. The van der Waals surface area contributed by atoms with E-state index in [-0.39, 0.29) is 5.56 Å². The quantitative estimate of drug-likeness (QED) is 0.644. The first-order chi connectivity index (χ1) is 5.11. The van der Waals surface area contributed by atoms with Crippen LogP contribution in [0.2, 0.25) is 0 Å². The summed E-state index contributed by atoms with van der Waals surface area (Å²) in [7, 11) is 3.89. The van der Waals surface area contributed by atoms with Gasteiger partial charge in [0, 0.05) is 25.9 Å². The molecule has 0 aliphatic carbocycles. The number of nitrogens with one attached hydrogen (secondary N) is 1. The van der Waals surface area contributed by atoms with Gasteiger partial charge in [0.1, 0.15) is 0 Å². The molecule has 0 aliphatic heterocycles. The standard InChI is InChI=1S/C8H12N2O/c1-6-7(10(2)3)4-5-8(11)9-6/h4-5H,1-3H3,(H,9,11). The van der Waals surface area contributed by atoms with E-state index < -0.39 is 0 Å². The predicted molar refractivity (Wildman–Crippen MR) is 46.1 cm³/mol. The Labute approximate surface area is 65.7 Å². The Kier molecular flexibility index (Phi) is 1.98. The van der Waals surface area contributed by atoms with Crippen LogP contribution in [-0.2, 0) is 0 Å². The molecule has 0 saturated carbocycles. The lowest BCUT2D eigenvalue weighted by Crippen LogP contribution is -2.14. The third-order valence-electron chi connectivity index (χ3n) is 1.57. The molecule has 3 nitrogen and oxygen atoms in total. The molecule has 0 saturated heterocycles. The lowest BCUT2D eigenvalue weighted by Gasteiger charge is -2.13. The Bertz CT molecular complexity index is 301. The molecular weight excluding hydrogens is 140 g/mol. The van der Waals surface area contributed by atoms with E-state index in [0.29, 0.717) is 0 Å². The number of H-pyrrole nitrogens is 1. The first-order valence-electron chi connectivity index (χ1n) is 3.48. The minimum atomic E-state index is -0.0481. The van der Waals surface area contributed by atoms with E-state index >= 15 is 0 Å². The minimum Gasteiger partial charge on any atom is -0.376 e. The van der Waals surface area contributed by atoms with Crippen LogP contribution in [0.5, 0.6) is 0 Å². The number of aryl methyl sites for hydroxylation is 1. The van der Waals surface area contributed by atoms with Crippen LogP contribution in [0.1, 0.15) is 5.69 Å². The van der Waals surface area contributed by atoms with Gasteiger partial charge in [-0.25, -0.2) is 0 Å². The van der Waals surface area contributed by atoms with Gasteiger partial charge in [-0.15, -0.1) is 0 Å². The number of aromatic amines is 1. The van der Waals surface area contributed by atoms with Gasteiger partial charge in [0.25, 0.3) is 0 Å². The average Bonchev–Trinajstić information content (AvgIpc) is 1.85. The van der Waals surface area contributed by atoms with Gasteiger partial charge in [0.2, 0.25) is 5.56 Å². The van der Waals surface area contributed by atoms with Crippen LogP contribution in [0.3, 0.4) is 0 Å². The number of hydrogen-bond donors (Lipinski definition) is 1. The van der Waals surface area contributed by atoms with Crippen molar-refractivity contribution in [1.82, 2.24) is 4.98 Å². The number of nitrogens with zero attached hydrogens (tertiary/aromatic N) is 1. The summed E-state index contributed by atoms with van der Waals surface area (Å²) in [6.07, 6.45) is 0. The van der Waals surface area contributed by atoms with Crippen molar-refractivity contribution in [3.05, 3.63) is 28.2 Å². The highest BCUT2D eigenvalue weighted by Crippen LogP contribution is 2.11. The zero-order chi connectivity index (χ0) is 8.43. The van der Waals surface area contributed by atoms with Crippen LogP contribution >= 0.6 is 0 Å². The van der Waals surface area contributed by atoms with Crippen LogP contribution in [-0.4, -0.2) is 19.1 Å². The third kappa shape index (κ3) is 1.61. The number of hydrogen-bond acceptors (Lipinski definition) is 2. The van der Waals surface area contributed by atoms with Crippen molar-refractivity contribution in [1.29, 1.82) is 0 Å². The third-order valence-corrected chi connectivity index (χ3v) is 1.57. The molecular formula is C8H12N2O. The molecule has 3 heteroatoms. The molecule has 0 fully saturated rings. The van der Waals surface area contributed by atoms with Gasteiger partial charge in [-0.2, -0.15) is 0 Å². The van der Waals surface area contributed by atoms with Gasteiger partial charge in [-0.1, -0.05) is 0 Å². The number of pyridine rings is 1. The second-order valence-electron chi connectivity index (χ2n) is 2.73. The van der Waals surface area contributed by atoms with Crippen molar-refractivity contribution in [2.75, 3.05) is 19.0 Å². The highest BCUT2D eigenvalue weighted by atomic mass is 16.1. The van der Waals surface area contributed by atoms with E-state index in [1.54, 1.807) is 0 Å². The smallest absolute Gasteiger partial charge is 0.248 e. The molecule has 0 aromatic carbocycles. The topological polar surface area (TPSA) is 36.1 Å². The molecule has 1 aromatic rings. The van der Waals surface area contributed by atoms with Crippen molar-refractivity contribution in [2.24, 2.45) is 0 Å². The average molecular weight is 152 g/mol. The summed E-state index contributed by atoms with van der Waals surface area (Å²) in [6.45, 7) is 1.89.